The van der Waals surface area contributed by atoms with Gasteiger partial charge in [-0.2, -0.15) is 5.26 Å². The molecular weight excluding hydrogens is 236 g/mol. The Morgan fingerprint density at radius 2 is 2.16 bits per heavy atom. The van der Waals surface area contributed by atoms with E-state index in [2.05, 4.69) is 29.5 Å². The highest BCUT2D eigenvalue weighted by molar-refractivity contribution is 5.84. The van der Waals surface area contributed by atoms with Crippen LogP contribution in [0.5, 0.6) is 0 Å². The molecule has 0 saturated heterocycles. The van der Waals surface area contributed by atoms with E-state index < -0.39 is 0 Å². The van der Waals surface area contributed by atoms with Gasteiger partial charge in [0.25, 0.3) is 0 Å². The first-order valence-corrected chi connectivity index (χ1v) is 6.80. The van der Waals surface area contributed by atoms with Gasteiger partial charge in [-0.25, -0.2) is 4.98 Å². The number of nitrogens with two attached hydrogens (primary N) is 1. The van der Waals surface area contributed by atoms with Crippen molar-refractivity contribution >= 4 is 17.0 Å². The van der Waals surface area contributed by atoms with Gasteiger partial charge in [0.15, 0.2) is 0 Å². The fourth-order valence-corrected chi connectivity index (χ4v) is 3.28. The summed E-state index contributed by atoms with van der Waals surface area (Å²) in [5.41, 5.74) is 8.42. The van der Waals surface area contributed by atoms with Gasteiger partial charge >= 0.3 is 0 Å². The van der Waals surface area contributed by atoms with Crippen molar-refractivity contribution < 1.29 is 0 Å². The lowest BCUT2D eigenvalue weighted by molar-refractivity contribution is 0.361. The third kappa shape index (κ3) is 1.69. The predicted octanol–water partition coefficient (Wildman–Crippen LogP) is 3.10. The third-order valence-corrected chi connectivity index (χ3v) is 4.62. The summed E-state index contributed by atoms with van der Waals surface area (Å²) in [6.07, 6.45) is 2.36. The molecule has 0 radical (unpaired) electrons. The Morgan fingerprint density at radius 1 is 1.37 bits per heavy atom. The molecule has 1 aromatic carbocycles. The number of anilines is 1. The van der Waals surface area contributed by atoms with E-state index in [-0.39, 0.29) is 0 Å². The molecule has 0 amide bonds. The molecule has 3 atom stereocenters. The average molecular weight is 254 g/mol. The summed E-state index contributed by atoms with van der Waals surface area (Å²) in [4.78, 5) is 4.41. The van der Waals surface area contributed by atoms with Crippen molar-refractivity contribution in [3.05, 3.63) is 23.8 Å². The maximum absolute atomic E-state index is 9.16. The van der Waals surface area contributed by atoms with Crippen LogP contribution in [0, 0.1) is 23.2 Å². The van der Waals surface area contributed by atoms with Crippen LogP contribution in [0.1, 0.15) is 38.3 Å². The Balaban J connectivity index is 2.20. The van der Waals surface area contributed by atoms with Crippen LogP contribution in [-0.4, -0.2) is 9.55 Å². The number of rotatable bonds is 1. The maximum Gasteiger partial charge on any atom is 0.201 e. The van der Waals surface area contributed by atoms with Crippen LogP contribution in [-0.2, 0) is 0 Å². The lowest BCUT2D eigenvalue weighted by Crippen LogP contribution is -2.16. The van der Waals surface area contributed by atoms with Crippen molar-refractivity contribution in [2.75, 3.05) is 5.73 Å². The van der Waals surface area contributed by atoms with Gasteiger partial charge in [-0.15, -0.1) is 0 Å². The first-order valence-electron chi connectivity index (χ1n) is 6.80. The Hall–Kier alpha value is -2.02. The number of nitrogens with zero attached hydrogens (tertiary/aromatic N) is 3. The van der Waals surface area contributed by atoms with E-state index in [1.807, 2.05) is 12.1 Å². The quantitative estimate of drug-likeness (QED) is 0.850. The van der Waals surface area contributed by atoms with Gasteiger partial charge in [0.1, 0.15) is 11.6 Å². The predicted molar refractivity (Wildman–Crippen MR) is 75.5 cm³/mol. The van der Waals surface area contributed by atoms with Gasteiger partial charge in [0.05, 0.1) is 11.1 Å². The molecule has 3 rings (SSSR count). The molecule has 0 spiro atoms. The average Bonchev–Trinajstić information content (AvgIpc) is 2.90. The Kier molecular flexibility index (Phi) is 2.70. The van der Waals surface area contributed by atoms with E-state index >= 15 is 0 Å². The molecule has 2 N–H and O–H groups in total. The lowest BCUT2D eigenvalue weighted by Gasteiger charge is -2.21. The zero-order valence-corrected chi connectivity index (χ0v) is 11.3. The number of hydrogen-bond donors (Lipinski definition) is 1. The minimum atomic E-state index is 0.397. The molecule has 19 heavy (non-hydrogen) atoms. The molecule has 1 heterocycles. The molecular formula is C15H18N4. The van der Waals surface area contributed by atoms with E-state index in [1.165, 1.54) is 6.42 Å². The Morgan fingerprint density at radius 3 is 2.79 bits per heavy atom. The van der Waals surface area contributed by atoms with Crippen molar-refractivity contribution in [1.82, 2.24) is 9.55 Å². The topological polar surface area (TPSA) is 67.6 Å². The summed E-state index contributed by atoms with van der Waals surface area (Å²) in [6, 6.07) is 8.29. The van der Waals surface area contributed by atoms with Crippen molar-refractivity contribution in [3.63, 3.8) is 0 Å². The molecule has 4 nitrogen and oxygen atoms in total. The Labute approximate surface area is 112 Å². The second kappa shape index (κ2) is 4.27. The molecule has 1 aliphatic carbocycles. The largest absolute Gasteiger partial charge is 0.369 e. The number of para-hydroxylation sites is 1. The van der Waals surface area contributed by atoms with Gasteiger partial charge in [-0.1, -0.05) is 19.9 Å². The first kappa shape index (κ1) is 12.0. The minimum absolute atomic E-state index is 0.397. The molecule has 4 heteroatoms. The molecule has 2 aromatic rings. The monoisotopic (exact) mass is 254 g/mol. The Bertz CT molecular complexity index is 665. The molecule has 3 unspecified atom stereocenters. The lowest BCUT2D eigenvalue weighted by atomic mass is 9.97. The van der Waals surface area contributed by atoms with Crippen LogP contribution in [0.25, 0.3) is 11.0 Å². The summed E-state index contributed by atoms with van der Waals surface area (Å²) in [5.74, 6) is 1.83. The second-order valence-corrected chi connectivity index (χ2v) is 5.61. The van der Waals surface area contributed by atoms with E-state index in [0.717, 1.165) is 17.5 Å². The number of nitriles is 1. The van der Waals surface area contributed by atoms with Crippen molar-refractivity contribution in [1.29, 1.82) is 5.26 Å². The van der Waals surface area contributed by atoms with Crippen LogP contribution in [0.3, 0.4) is 0 Å². The van der Waals surface area contributed by atoms with Crippen LogP contribution in [0.2, 0.25) is 0 Å². The summed E-state index contributed by atoms with van der Waals surface area (Å²) in [5, 5.41) is 9.16. The zero-order valence-electron chi connectivity index (χ0n) is 11.3. The zero-order chi connectivity index (χ0) is 13.6. The van der Waals surface area contributed by atoms with Crippen molar-refractivity contribution in [3.8, 4) is 6.07 Å². The van der Waals surface area contributed by atoms with Crippen molar-refractivity contribution in [2.45, 2.75) is 32.7 Å². The van der Waals surface area contributed by atoms with Crippen molar-refractivity contribution in [2.24, 2.45) is 11.8 Å². The highest BCUT2D eigenvalue weighted by Crippen LogP contribution is 2.42. The summed E-state index contributed by atoms with van der Waals surface area (Å²) in [6.45, 7) is 4.57. The van der Waals surface area contributed by atoms with E-state index in [1.54, 1.807) is 6.07 Å². The fourth-order valence-electron chi connectivity index (χ4n) is 3.28. The first-order chi connectivity index (χ1) is 9.13. The van der Waals surface area contributed by atoms with E-state index in [0.29, 0.717) is 29.4 Å². The number of aromatic nitrogens is 2. The van der Waals surface area contributed by atoms with Crippen LogP contribution < -0.4 is 5.73 Å². The molecule has 1 fully saturated rings. The minimum Gasteiger partial charge on any atom is -0.369 e. The molecule has 98 valence electrons. The van der Waals surface area contributed by atoms with Gasteiger partial charge in [-0.05, 0) is 36.8 Å². The number of fused-ring (bicyclic) bond motifs is 1. The van der Waals surface area contributed by atoms with Gasteiger partial charge in [-0.3, -0.25) is 0 Å². The number of imidazole rings is 1. The molecule has 1 aromatic heterocycles. The van der Waals surface area contributed by atoms with E-state index in [4.69, 9.17) is 11.0 Å². The number of benzene rings is 1. The molecule has 1 aliphatic rings. The molecule has 1 saturated carbocycles. The SMILES string of the molecule is CC1CCC(n2c(N)nc3c(C#N)cccc32)C1C. The third-order valence-electron chi connectivity index (χ3n) is 4.62. The number of nitrogen functional groups attached to an aromatic ring is 1. The van der Waals surface area contributed by atoms with Crippen LogP contribution >= 0.6 is 0 Å². The highest BCUT2D eigenvalue weighted by atomic mass is 15.2. The molecule has 0 bridgehead atoms. The van der Waals surface area contributed by atoms with Crippen LogP contribution in [0.15, 0.2) is 18.2 Å². The summed E-state index contributed by atoms with van der Waals surface area (Å²) in [7, 11) is 0. The molecule has 0 aliphatic heterocycles. The van der Waals surface area contributed by atoms with Gasteiger partial charge in [0, 0.05) is 6.04 Å². The second-order valence-electron chi connectivity index (χ2n) is 5.61. The number of hydrogen-bond acceptors (Lipinski definition) is 3. The van der Waals surface area contributed by atoms with Crippen LogP contribution in [0.4, 0.5) is 5.95 Å². The highest BCUT2D eigenvalue weighted by Gasteiger charge is 2.33. The fraction of sp³-hybridized carbons (Fsp3) is 0.467. The van der Waals surface area contributed by atoms with Gasteiger partial charge in [0.2, 0.25) is 5.95 Å². The van der Waals surface area contributed by atoms with Gasteiger partial charge < -0.3 is 10.3 Å². The maximum atomic E-state index is 9.16. The standard InChI is InChI=1S/C15H18N4/c1-9-6-7-12(10(9)2)19-13-5-3-4-11(8-16)14(13)18-15(19)17/h3-5,9-10,12H,6-7H2,1-2H3,(H2,17,18). The normalized spacial score (nSPS) is 26.7. The summed E-state index contributed by atoms with van der Waals surface area (Å²) >= 11 is 0. The van der Waals surface area contributed by atoms with E-state index in [9.17, 15) is 0 Å². The summed E-state index contributed by atoms with van der Waals surface area (Å²) < 4.78 is 2.13. The smallest absolute Gasteiger partial charge is 0.201 e.